The number of nitrogens with zero attached hydrogens (tertiary/aromatic N) is 1. The quantitative estimate of drug-likeness (QED) is 0.323. The summed E-state index contributed by atoms with van der Waals surface area (Å²) in [6, 6.07) is 8.35. The first-order valence-corrected chi connectivity index (χ1v) is 6.51. The zero-order valence-corrected chi connectivity index (χ0v) is 10.8. The van der Waals surface area contributed by atoms with Crippen LogP contribution in [0, 0.1) is 5.92 Å². The van der Waals surface area contributed by atoms with Gasteiger partial charge in [0, 0.05) is 18.2 Å². The van der Waals surface area contributed by atoms with E-state index < -0.39 is 0 Å². The Labute approximate surface area is 108 Å². The first-order chi connectivity index (χ1) is 8.70. The lowest BCUT2D eigenvalue weighted by atomic mass is 9.80. The molecule has 1 fully saturated rings. The molecule has 0 amide bonds. The standard InChI is InChI=1S/C14H21N3O/c1-10(12-3-2-4-12)16-9-11-5-7-13(8-6-11)14(15)17-18/h5-8,10,12,16,18H,2-4,9H2,1H3,(H2,15,17). The molecule has 4 nitrogen and oxygen atoms in total. The molecule has 2 rings (SSSR count). The molecule has 1 aliphatic carbocycles. The number of hydrogen-bond acceptors (Lipinski definition) is 3. The van der Waals surface area contributed by atoms with E-state index in [1.54, 1.807) is 0 Å². The van der Waals surface area contributed by atoms with Gasteiger partial charge in [0.1, 0.15) is 0 Å². The van der Waals surface area contributed by atoms with Crippen molar-refractivity contribution in [2.45, 2.75) is 38.8 Å². The van der Waals surface area contributed by atoms with Crippen molar-refractivity contribution in [2.75, 3.05) is 0 Å². The molecule has 98 valence electrons. The smallest absolute Gasteiger partial charge is 0.170 e. The Kier molecular flexibility index (Phi) is 4.20. The van der Waals surface area contributed by atoms with Gasteiger partial charge < -0.3 is 16.3 Å². The van der Waals surface area contributed by atoms with Gasteiger partial charge in [-0.25, -0.2) is 0 Å². The van der Waals surface area contributed by atoms with Crippen LogP contribution in [0.2, 0.25) is 0 Å². The Hall–Kier alpha value is -1.55. The Morgan fingerprint density at radius 3 is 2.61 bits per heavy atom. The number of hydrogen-bond donors (Lipinski definition) is 3. The van der Waals surface area contributed by atoms with Crippen LogP contribution in [0.25, 0.3) is 0 Å². The van der Waals surface area contributed by atoms with Gasteiger partial charge in [0.15, 0.2) is 5.84 Å². The van der Waals surface area contributed by atoms with Crippen LogP contribution in [0.15, 0.2) is 29.4 Å². The van der Waals surface area contributed by atoms with Crippen LogP contribution in [-0.2, 0) is 6.54 Å². The minimum atomic E-state index is 0.150. The summed E-state index contributed by atoms with van der Waals surface area (Å²) < 4.78 is 0. The highest BCUT2D eigenvalue weighted by molar-refractivity contribution is 5.96. The van der Waals surface area contributed by atoms with Crippen molar-refractivity contribution in [1.29, 1.82) is 0 Å². The topological polar surface area (TPSA) is 70.6 Å². The summed E-state index contributed by atoms with van der Waals surface area (Å²) in [7, 11) is 0. The minimum Gasteiger partial charge on any atom is -0.409 e. The molecule has 1 aromatic rings. The van der Waals surface area contributed by atoms with Gasteiger partial charge >= 0.3 is 0 Å². The van der Waals surface area contributed by atoms with Crippen molar-refractivity contribution in [3.63, 3.8) is 0 Å². The second-order valence-electron chi connectivity index (χ2n) is 5.04. The van der Waals surface area contributed by atoms with E-state index in [0.29, 0.717) is 6.04 Å². The molecule has 0 saturated heterocycles. The molecule has 18 heavy (non-hydrogen) atoms. The molecule has 0 spiro atoms. The van der Waals surface area contributed by atoms with E-state index in [0.717, 1.165) is 18.0 Å². The summed E-state index contributed by atoms with van der Waals surface area (Å²) in [4.78, 5) is 0. The summed E-state index contributed by atoms with van der Waals surface area (Å²) in [5.74, 6) is 0.999. The largest absolute Gasteiger partial charge is 0.409 e. The first kappa shape index (κ1) is 12.9. The van der Waals surface area contributed by atoms with Crippen LogP contribution in [0.3, 0.4) is 0 Å². The number of rotatable bonds is 5. The van der Waals surface area contributed by atoms with Gasteiger partial charge in [-0.05, 0) is 31.2 Å². The molecule has 1 saturated carbocycles. The molecule has 0 aliphatic heterocycles. The second kappa shape index (κ2) is 5.87. The molecular formula is C14H21N3O. The van der Waals surface area contributed by atoms with Crippen molar-refractivity contribution in [3.8, 4) is 0 Å². The van der Waals surface area contributed by atoms with E-state index >= 15 is 0 Å². The monoisotopic (exact) mass is 247 g/mol. The van der Waals surface area contributed by atoms with Gasteiger partial charge in [-0.3, -0.25) is 0 Å². The predicted molar refractivity (Wildman–Crippen MR) is 72.6 cm³/mol. The average molecular weight is 247 g/mol. The fraction of sp³-hybridized carbons (Fsp3) is 0.500. The highest BCUT2D eigenvalue weighted by atomic mass is 16.4. The normalized spacial score (nSPS) is 18.4. The summed E-state index contributed by atoms with van der Waals surface area (Å²) in [6.07, 6.45) is 4.10. The average Bonchev–Trinajstić information content (AvgIpc) is 2.34. The lowest BCUT2D eigenvalue weighted by Gasteiger charge is -2.32. The van der Waals surface area contributed by atoms with Gasteiger partial charge in [-0.2, -0.15) is 0 Å². The highest BCUT2D eigenvalue weighted by Crippen LogP contribution is 2.29. The molecule has 0 aromatic heterocycles. The van der Waals surface area contributed by atoms with E-state index in [9.17, 15) is 0 Å². The third-order valence-electron chi connectivity index (χ3n) is 3.84. The van der Waals surface area contributed by atoms with E-state index in [4.69, 9.17) is 10.9 Å². The summed E-state index contributed by atoms with van der Waals surface area (Å²) in [6.45, 7) is 3.13. The summed E-state index contributed by atoms with van der Waals surface area (Å²) in [5, 5.41) is 15.1. The van der Waals surface area contributed by atoms with Crippen molar-refractivity contribution in [3.05, 3.63) is 35.4 Å². The third-order valence-corrected chi connectivity index (χ3v) is 3.84. The number of amidine groups is 1. The molecule has 0 bridgehead atoms. The Bertz CT molecular complexity index is 410. The SMILES string of the molecule is CC(NCc1ccc(/C(N)=N/O)cc1)C1CCC1. The molecule has 0 radical (unpaired) electrons. The summed E-state index contributed by atoms with van der Waals surface area (Å²) >= 11 is 0. The molecule has 4 N–H and O–H groups in total. The Balaban J connectivity index is 1.86. The van der Waals surface area contributed by atoms with Crippen LogP contribution in [0.5, 0.6) is 0 Å². The van der Waals surface area contributed by atoms with Crippen molar-refractivity contribution in [2.24, 2.45) is 16.8 Å². The molecule has 1 aromatic carbocycles. The van der Waals surface area contributed by atoms with Gasteiger partial charge in [0.2, 0.25) is 0 Å². The van der Waals surface area contributed by atoms with Crippen LogP contribution in [0.1, 0.15) is 37.3 Å². The zero-order chi connectivity index (χ0) is 13.0. The Morgan fingerprint density at radius 1 is 1.44 bits per heavy atom. The van der Waals surface area contributed by atoms with Gasteiger partial charge in [-0.1, -0.05) is 35.8 Å². The maximum Gasteiger partial charge on any atom is 0.170 e. The molecule has 0 heterocycles. The van der Waals surface area contributed by atoms with Crippen molar-refractivity contribution >= 4 is 5.84 Å². The second-order valence-corrected chi connectivity index (χ2v) is 5.04. The minimum absolute atomic E-state index is 0.150. The van der Waals surface area contributed by atoms with Crippen LogP contribution >= 0.6 is 0 Å². The third kappa shape index (κ3) is 3.01. The van der Waals surface area contributed by atoms with Gasteiger partial charge in [-0.15, -0.1) is 0 Å². The van der Waals surface area contributed by atoms with Crippen molar-refractivity contribution in [1.82, 2.24) is 5.32 Å². The lowest BCUT2D eigenvalue weighted by Crippen LogP contribution is -2.36. The lowest BCUT2D eigenvalue weighted by molar-refractivity contribution is 0.240. The first-order valence-electron chi connectivity index (χ1n) is 6.51. The molecule has 1 aliphatic rings. The Morgan fingerprint density at radius 2 is 2.11 bits per heavy atom. The molecular weight excluding hydrogens is 226 g/mol. The number of nitrogens with one attached hydrogen (secondary N) is 1. The van der Waals surface area contributed by atoms with Crippen LogP contribution < -0.4 is 11.1 Å². The number of nitrogens with two attached hydrogens (primary N) is 1. The molecule has 1 unspecified atom stereocenters. The van der Waals surface area contributed by atoms with Gasteiger partial charge in [0.25, 0.3) is 0 Å². The fourth-order valence-electron chi connectivity index (χ4n) is 2.24. The van der Waals surface area contributed by atoms with Crippen LogP contribution in [-0.4, -0.2) is 17.1 Å². The van der Waals surface area contributed by atoms with Gasteiger partial charge in [0.05, 0.1) is 0 Å². The molecule has 1 atom stereocenters. The fourth-order valence-corrected chi connectivity index (χ4v) is 2.24. The van der Waals surface area contributed by atoms with E-state index in [-0.39, 0.29) is 5.84 Å². The number of oxime groups is 1. The van der Waals surface area contributed by atoms with E-state index in [1.165, 1.54) is 24.8 Å². The molecule has 4 heteroatoms. The zero-order valence-electron chi connectivity index (χ0n) is 10.8. The van der Waals surface area contributed by atoms with Crippen molar-refractivity contribution < 1.29 is 5.21 Å². The predicted octanol–water partition coefficient (Wildman–Crippen LogP) is 2.06. The number of benzene rings is 1. The highest BCUT2D eigenvalue weighted by Gasteiger charge is 2.23. The summed E-state index contributed by atoms with van der Waals surface area (Å²) in [5.41, 5.74) is 7.48. The van der Waals surface area contributed by atoms with E-state index in [2.05, 4.69) is 17.4 Å². The van der Waals surface area contributed by atoms with E-state index in [1.807, 2.05) is 24.3 Å². The maximum absolute atomic E-state index is 8.58. The maximum atomic E-state index is 8.58. The van der Waals surface area contributed by atoms with Crippen LogP contribution in [0.4, 0.5) is 0 Å².